The van der Waals surface area contributed by atoms with Gasteiger partial charge in [0.1, 0.15) is 12.1 Å². The first kappa shape index (κ1) is 53.2. The van der Waals surface area contributed by atoms with Crippen molar-refractivity contribution in [2.24, 2.45) is 51.2 Å². The topological polar surface area (TPSA) is 208 Å². The number of hydrogen-bond donors (Lipinski definition) is 4. The van der Waals surface area contributed by atoms with Gasteiger partial charge in [-0.2, -0.15) is 13.5 Å². The van der Waals surface area contributed by atoms with Gasteiger partial charge in [0.25, 0.3) is 0 Å². The van der Waals surface area contributed by atoms with Crippen molar-refractivity contribution in [3.63, 3.8) is 0 Å². The largest absolute Gasteiger partial charge is 0.469 e. The molecule has 2 saturated heterocycles. The average molecular weight is 787 g/mol. The van der Waals surface area contributed by atoms with Crippen LogP contribution in [0.5, 0.6) is 0 Å². The Balaban J connectivity index is 0. The number of primary amides is 3. The van der Waals surface area contributed by atoms with Crippen molar-refractivity contribution in [2.75, 3.05) is 26.7 Å². The van der Waals surface area contributed by atoms with Crippen LogP contribution < -0.4 is 22.5 Å². The molecule has 7 N–H and O–H groups in total. The molecule has 316 valence electrons. The predicted molar refractivity (Wildman–Crippen MR) is 220 cm³/mol. The molecule has 0 saturated carbocycles. The standard InChI is InChI=1S/C14H28N2O3.2C13H24N2O2.H2S/c1-6-11(13(15)18)16-9-10(7-12(17)19-5)8-14(2,3)4;2*1-5-10(12(14)17)15-8-9(6-11(15)16)7-13(2,3)4;/h10-11,16H,6-9H2,1-5H3,(H2,15,18);2*9-10H,5-8H2,1-4H3,(H2,14,17);1H2/t10-,11-;2*9?,10-;/m000./s1. The minimum atomic E-state index is -0.424. The summed E-state index contributed by atoms with van der Waals surface area (Å²) in [7, 11) is 1.39. The van der Waals surface area contributed by atoms with Crippen LogP contribution in [0.1, 0.15) is 141 Å². The first-order valence-electron chi connectivity index (χ1n) is 19.4. The number of nitrogens with two attached hydrogens (primary N) is 3. The van der Waals surface area contributed by atoms with E-state index in [0.29, 0.717) is 70.0 Å². The summed E-state index contributed by atoms with van der Waals surface area (Å²) < 4.78 is 4.72. The minimum Gasteiger partial charge on any atom is -0.469 e. The molecule has 0 aromatic carbocycles. The van der Waals surface area contributed by atoms with Gasteiger partial charge in [0.2, 0.25) is 29.5 Å². The monoisotopic (exact) mass is 787 g/mol. The van der Waals surface area contributed by atoms with Crippen molar-refractivity contribution in [1.29, 1.82) is 0 Å². The zero-order valence-electron chi connectivity index (χ0n) is 35.9. The molecule has 54 heavy (non-hydrogen) atoms. The van der Waals surface area contributed by atoms with Crippen molar-refractivity contribution in [1.82, 2.24) is 15.1 Å². The van der Waals surface area contributed by atoms with E-state index < -0.39 is 23.9 Å². The number of nitrogens with one attached hydrogen (secondary N) is 1. The highest BCUT2D eigenvalue weighted by atomic mass is 32.1. The Labute approximate surface area is 333 Å². The second-order valence-electron chi connectivity index (χ2n) is 18.6. The summed E-state index contributed by atoms with van der Waals surface area (Å²) in [5, 5.41) is 3.14. The Kier molecular flexibility index (Phi) is 23.6. The van der Waals surface area contributed by atoms with Crippen molar-refractivity contribution >= 4 is 49.0 Å². The highest BCUT2D eigenvalue weighted by molar-refractivity contribution is 7.59. The van der Waals surface area contributed by atoms with E-state index in [1.807, 2.05) is 20.8 Å². The Bertz CT molecular complexity index is 1150. The first-order chi connectivity index (χ1) is 24.2. The molecule has 6 atom stereocenters. The van der Waals surface area contributed by atoms with Crippen LogP contribution in [0.25, 0.3) is 0 Å². The molecular formula is C40H78N6O7S. The first-order valence-corrected chi connectivity index (χ1v) is 19.4. The van der Waals surface area contributed by atoms with E-state index in [4.69, 9.17) is 21.9 Å². The number of hydrogen-bond acceptors (Lipinski definition) is 8. The number of likely N-dealkylation sites (tertiary alicyclic amines) is 2. The molecule has 0 aromatic heterocycles. The number of ether oxygens (including phenoxy) is 1. The normalized spacial score (nSPS) is 19.6. The van der Waals surface area contributed by atoms with Gasteiger partial charge in [0.15, 0.2) is 0 Å². The number of methoxy groups -OCH3 is 1. The van der Waals surface area contributed by atoms with E-state index in [1.165, 1.54) is 7.11 Å². The quantitative estimate of drug-likeness (QED) is 0.162. The number of rotatable bonds is 16. The third-order valence-corrected chi connectivity index (χ3v) is 9.45. The molecule has 13 nitrogen and oxygen atoms in total. The summed E-state index contributed by atoms with van der Waals surface area (Å²) in [4.78, 5) is 72.3. The maximum Gasteiger partial charge on any atom is 0.305 e. The van der Waals surface area contributed by atoms with Gasteiger partial charge in [0, 0.05) is 32.4 Å². The Morgan fingerprint density at radius 2 is 1.09 bits per heavy atom. The molecule has 2 aliphatic heterocycles. The van der Waals surface area contributed by atoms with Crippen LogP contribution in [-0.4, -0.2) is 90.2 Å². The van der Waals surface area contributed by atoms with Gasteiger partial charge in [-0.3, -0.25) is 28.8 Å². The van der Waals surface area contributed by atoms with Gasteiger partial charge in [-0.05, 0) is 79.1 Å². The molecule has 0 radical (unpaired) electrons. The lowest BCUT2D eigenvalue weighted by Crippen LogP contribution is -2.45. The second-order valence-corrected chi connectivity index (χ2v) is 18.6. The Hall–Kier alpha value is -2.87. The van der Waals surface area contributed by atoms with E-state index in [2.05, 4.69) is 67.6 Å². The van der Waals surface area contributed by atoms with Crippen LogP contribution >= 0.6 is 13.5 Å². The predicted octanol–water partition coefficient (Wildman–Crippen LogP) is 4.64. The smallest absolute Gasteiger partial charge is 0.305 e. The molecule has 0 aliphatic carbocycles. The SMILES string of the molecule is CC[C@@H](C(N)=O)N1CC(CC(C)(C)C)CC1=O.CC[C@@H](C(N)=O)N1CC(CC(C)(C)C)CC1=O.CC[C@H](NC[C@@H](CC(=O)OC)CC(C)(C)C)C(N)=O.S. The fraction of sp³-hybridized carbons (Fsp3) is 0.850. The highest BCUT2D eigenvalue weighted by Gasteiger charge is 2.38. The third kappa shape index (κ3) is 21.3. The van der Waals surface area contributed by atoms with Crippen molar-refractivity contribution < 1.29 is 33.5 Å². The lowest BCUT2D eigenvalue weighted by molar-refractivity contribution is -0.142. The number of nitrogens with zero attached hydrogens (tertiary/aromatic N) is 2. The molecule has 0 spiro atoms. The Morgan fingerprint density at radius 3 is 1.35 bits per heavy atom. The highest BCUT2D eigenvalue weighted by Crippen LogP contribution is 2.33. The lowest BCUT2D eigenvalue weighted by Gasteiger charge is -2.26. The van der Waals surface area contributed by atoms with Crippen LogP contribution in [0.3, 0.4) is 0 Å². The number of esters is 1. The number of amides is 5. The van der Waals surface area contributed by atoms with Gasteiger partial charge >= 0.3 is 5.97 Å². The molecule has 14 heteroatoms. The minimum absolute atomic E-state index is 0. The van der Waals surface area contributed by atoms with E-state index in [-0.39, 0.29) is 65.4 Å². The lowest BCUT2D eigenvalue weighted by atomic mass is 9.83. The maximum atomic E-state index is 11.9. The molecule has 5 amide bonds. The zero-order valence-corrected chi connectivity index (χ0v) is 36.9. The summed E-state index contributed by atoms with van der Waals surface area (Å²) in [6.07, 6.45) is 6.21. The van der Waals surface area contributed by atoms with Gasteiger partial charge in [-0.25, -0.2) is 0 Å². The van der Waals surface area contributed by atoms with Crippen LogP contribution in [0.4, 0.5) is 0 Å². The van der Waals surface area contributed by atoms with Crippen molar-refractivity contribution in [3.05, 3.63) is 0 Å². The van der Waals surface area contributed by atoms with Gasteiger partial charge in [-0.15, -0.1) is 0 Å². The summed E-state index contributed by atoms with van der Waals surface area (Å²) in [5.74, 6) is -0.352. The van der Waals surface area contributed by atoms with Crippen LogP contribution in [-0.2, 0) is 33.5 Å². The maximum absolute atomic E-state index is 11.9. The van der Waals surface area contributed by atoms with E-state index >= 15 is 0 Å². The summed E-state index contributed by atoms with van der Waals surface area (Å²) in [6.45, 7) is 27.0. The Morgan fingerprint density at radius 1 is 0.704 bits per heavy atom. The van der Waals surface area contributed by atoms with Crippen molar-refractivity contribution in [3.8, 4) is 0 Å². The van der Waals surface area contributed by atoms with Crippen LogP contribution in [0.2, 0.25) is 0 Å². The molecule has 2 heterocycles. The molecule has 0 bridgehead atoms. The number of carbonyl (C=O) groups is 6. The van der Waals surface area contributed by atoms with E-state index in [9.17, 15) is 28.8 Å². The summed E-state index contributed by atoms with van der Waals surface area (Å²) >= 11 is 0. The fourth-order valence-electron chi connectivity index (χ4n) is 7.53. The van der Waals surface area contributed by atoms with Crippen LogP contribution in [0, 0.1) is 34.0 Å². The van der Waals surface area contributed by atoms with Crippen LogP contribution in [0.15, 0.2) is 0 Å². The van der Waals surface area contributed by atoms with E-state index in [1.54, 1.807) is 9.80 Å². The molecule has 2 unspecified atom stereocenters. The number of carbonyl (C=O) groups excluding carboxylic acids is 6. The third-order valence-electron chi connectivity index (χ3n) is 9.45. The van der Waals surface area contributed by atoms with Gasteiger partial charge < -0.3 is 37.1 Å². The fourth-order valence-corrected chi connectivity index (χ4v) is 7.53. The summed E-state index contributed by atoms with van der Waals surface area (Å²) in [6, 6.07) is -1.18. The summed E-state index contributed by atoms with van der Waals surface area (Å²) in [5.41, 5.74) is 16.5. The zero-order chi connectivity index (χ0) is 41.5. The van der Waals surface area contributed by atoms with Gasteiger partial charge in [0.05, 0.1) is 13.2 Å². The molecule has 2 fully saturated rings. The van der Waals surface area contributed by atoms with Gasteiger partial charge in [-0.1, -0.05) is 83.1 Å². The van der Waals surface area contributed by atoms with Crippen molar-refractivity contribution in [2.45, 2.75) is 159 Å². The molecule has 0 aromatic rings. The molecular weight excluding hydrogens is 709 g/mol. The average Bonchev–Trinajstić information content (AvgIpc) is 3.51. The second kappa shape index (κ2) is 23.9. The van der Waals surface area contributed by atoms with E-state index in [0.717, 1.165) is 19.3 Å². The molecule has 2 rings (SSSR count). The molecule has 2 aliphatic rings.